The number of amides is 1. The van der Waals surface area contributed by atoms with Crippen LogP contribution in [0.4, 0.5) is 13.2 Å². The molecule has 0 N–H and O–H groups in total. The minimum absolute atomic E-state index is 0.0886. The molecule has 1 atom stereocenters. The van der Waals surface area contributed by atoms with Crippen LogP contribution in [0.25, 0.3) is 0 Å². The SMILES string of the molecule is O=C(C1CCN(S(=O)(=O)c2ccccc2Br)C1)N1CCN(CC(F)(F)F)CC1. The lowest BCUT2D eigenvalue weighted by Crippen LogP contribution is -2.52. The molecule has 156 valence electrons. The number of benzene rings is 1. The minimum Gasteiger partial charge on any atom is -0.340 e. The van der Waals surface area contributed by atoms with Crippen LogP contribution >= 0.6 is 15.9 Å². The lowest BCUT2D eigenvalue weighted by atomic mass is 10.1. The predicted molar refractivity (Wildman–Crippen MR) is 100 cm³/mol. The molecule has 1 unspecified atom stereocenters. The van der Waals surface area contributed by atoms with Crippen LogP contribution in [0.15, 0.2) is 33.6 Å². The Hall–Kier alpha value is -1.17. The number of hydrogen-bond donors (Lipinski definition) is 0. The van der Waals surface area contributed by atoms with E-state index in [1.807, 2.05) is 0 Å². The fraction of sp³-hybridized carbons (Fsp3) is 0.588. The number of sulfonamides is 1. The molecule has 0 bridgehead atoms. The Kier molecular flexibility index (Phi) is 6.38. The maximum Gasteiger partial charge on any atom is 0.401 e. The van der Waals surface area contributed by atoms with Crippen molar-refractivity contribution in [1.82, 2.24) is 14.1 Å². The first-order chi connectivity index (χ1) is 13.1. The van der Waals surface area contributed by atoms with Gasteiger partial charge in [0.1, 0.15) is 0 Å². The number of carbonyl (C=O) groups excluding carboxylic acids is 1. The largest absolute Gasteiger partial charge is 0.401 e. The highest BCUT2D eigenvalue weighted by molar-refractivity contribution is 9.10. The topological polar surface area (TPSA) is 60.9 Å². The van der Waals surface area contributed by atoms with Crippen LogP contribution < -0.4 is 0 Å². The van der Waals surface area contributed by atoms with Crippen LogP contribution in [0.2, 0.25) is 0 Å². The molecule has 6 nitrogen and oxygen atoms in total. The Labute approximate surface area is 170 Å². The molecule has 2 aliphatic heterocycles. The molecule has 0 spiro atoms. The van der Waals surface area contributed by atoms with E-state index in [9.17, 15) is 26.4 Å². The van der Waals surface area contributed by atoms with Crippen molar-refractivity contribution in [2.75, 3.05) is 45.8 Å². The van der Waals surface area contributed by atoms with Crippen LogP contribution in [0.5, 0.6) is 0 Å². The monoisotopic (exact) mass is 483 g/mol. The van der Waals surface area contributed by atoms with Crippen molar-refractivity contribution < 1.29 is 26.4 Å². The van der Waals surface area contributed by atoms with Gasteiger partial charge in [-0.05, 0) is 34.5 Å². The summed E-state index contributed by atoms with van der Waals surface area (Å²) < 4.78 is 64.9. The van der Waals surface area contributed by atoms with Crippen molar-refractivity contribution in [2.45, 2.75) is 17.5 Å². The summed E-state index contributed by atoms with van der Waals surface area (Å²) in [7, 11) is -3.71. The summed E-state index contributed by atoms with van der Waals surface area (Å²) in [6.07, 6.45) is -3.84. The third-order valence-electron chi connectivity index (χ3n) is 5.04. The molecule has 1 aromatic carbocycles. The average molecular weight is 484 g/mol. The zero-order valence-electron chi connectivity index (χ0n) is 15.0. The molecule has 0 aliphatic carbocycles. The molecule has 0 saturated carbocycles. The Morgan fingerprint density at radius 2 is 1.75 bits per heavy atom. The van der Waals surface area contributed by atoms with Gasteiger partial charge in [-0.1, -0.05) is 12.1 Å². The molecule has 2 fully saturated rings. The fourth-order valence-electron chi connectivity index (χ4n) is 3.58. The first-order valence-corrected chi connectivity index (χ1v) is 11.1. The third kappa shape index (κ3) is 4.87. The number of carbonyl (C=O) groups is 1. The number of piperazine rings is 1. The van der Waals surface area contributed by atoms with E-state index in [4.69, 9.17) is 0 Å². The van der Waals surface area contributed by atoms with E-state index in [0.29, 0.717) is 10.9 Å². The zero-order chi connectivity index (χ0) is 20.5. The maximum atomic E-state index is 12.8. The Morgan fingerprint density at radius 1 is 1.11 bits per heavy atom. The first-order valence-electron chi connectivity index (χ1n) is 8.90. The van der Waals surface area contributed by atoms with Gasteiger partial charge in [-0.15, -0.1) is 0 Å². The lowest BCUT2D eigenvalue weighted by molar-refractivity contribution is -0.152. The van der Waals surface area contributed by atoms with E-state index in [1.54, 1.807) is 23.1 Å². The van der Waals surface area contributed by atoms with Crippen molar-refractivity contribution in [3.63, 3.8) is 0 Å². The molecular weight excluding hydrogens is 463 g/mol. The number of hydrogen-bond acceptors (Lipinski definition) is 4. The van der Waals surface area contributed by atoms with E-state index in [-0.39, 0.29) is 50.1 Å². The van der Waals surface area contributed by atoms with Gasteiger partial charge in [0.15, 0.2) is 0 Å². The van der Waals surface area contributed by atoms with Gasteiger partial charge in [-0.25, -0.2) is 8.42 Å². The predicted octanol–water partition coefficient (Wildman–Crippen LogP) is 2.17. The van der Waals surface area contributed by atoms with Crippen LogP contribution in [0.3, 0.4) is 0 Å². The Balaban J connectivity index is 1.59. The van der Waals surface area contributed by atoms with E-state index >= 15 is 0 Å². The van der Waals surface area contributed by atoms with Crippen molar-refractivity contribution >= 4 is 31.9 Å². The van der Waals surface area contributed by atoms with E-state index < -0.39 is 28.7 Å². The second kappa shape index (κ2) is 8.29. The number of nitrogens with zero attached hydrogens (tertiary/aromatic N) is 3. The Bertz CT molecular complexity index is 826. The van der Waals surface area contributed by atoms with Crippen molar-refractivity contribution in [2.24, 2.45) is 5.92 Å². The summed E-state index contributed by atoms with van der Waals surface area (Å²) in [5.41, 5.74) is 0. The van der Waals surface area contributed by atoms with Gasteiger partial charge in [-0.3, -0.25) is 9.69 Å². The average Bonchev–Trinajstić information content (AvgIpc) is 3.11. The van der Waals surface area contributed by atoms with Crippen LogP contribution in [0, 0.1) is 5.92 Å². The summed E-state index contributed by atoms with van der Waals surface area (Å²) >= 11 is 3.25. The summed E-state index contributed by atoms with van der Waals surface area (Å²) in [5, 5.41) is 0. The van der Waals surface area contributed by atoms with Gasteiger partial charge < -0.3 is 4.90 Å². The highest BCUT2D eigenvalue weighted by Crippen LogP contribution is 2.30. The lowest BCUT2D eigenvalue weighted by Gasteiger charge is -2.36. The maximum absolute atomic E-state index is 12.8. The van der Waals surface area contributed by atoms with Crippen LogP contribution in [-0.4, -0.2) is 80.4 Å². The summed E-state index contributed by atoms with van der Waals surface area (Å²) in [5.74, 6) is -0.650. The second-order valence-corrected chi connectivity index (χ2v) is 9.76. The second-order valence-electron chi connectivity index (χ2n) is 7.00. The molecule has 2 aliphatic rings. The molecule has 1 amide bonds. The molecule has 11 heteroatoms. The highest BCUT2D eigenvalue weighted by atomic mass is 79.9. The first kappa shape index (κ1) is 21.5. The Morgan fingerprint density at radius 3 is 2.36 bits per heavy atom. The molecule has 3 rings (SSSR count). The number of alkyl halides is 3. The van der Waals surface area contributed by atoms with E-state index in [2.05, 4.69) is 15.9 Å². The van der Waals surface area contributed by atoms with Gasteiger partial charge in [0.2, 0.25) is 15.9 Å². The smallest absolute Gasteiger partial charge is 0.340 e. The van der Waals surface area contributed by atoms with Gasteiger partial charge in [0, 0.05) is 43.7 Å². The van der Waals surface area contributed by atoms with Gasteiger partial charge >= 0.3 is 6.18 Å². The molecular formula is C17H21BrF3N3O3S. The summed E-state index contributed by atoms with van der Waals surface area (Å²) in [6.45, 7) is 0.133. The van der Waals surface area contributed by atoms with E-state index in [1.165, 1.54) is 15.3 Å². The van der Waals surface area contributed by atoms with Crippen LogP contribution in [-0.2, 0) is 14.8 Å². The zero-order valence-corrected chi connectivity index (χ0v) is 17.4. The summed E-state index contributed by atoms with van der Waals surface area (Å²) in [4.78, 5) is 15.7. The fourth-order valence-corrected chi connectivity index (χ4v) is 6.04. The molecule has 2 heterocycles. The van der Waals surface area contributed by atoms with Crippen molar-refractivity contribution in [3.8, 4) is 0 Å². The number of rotatable bonds is 4. The van der Waals surface area contributed by atoms with Gasteiger partial charge in [-0.2, -0.15) is 17.5 Å². The van der Waals surface area contributed by atoms with Crippen molar-refractivity contribution in [3.05, 3.63) is 28.7 Å². The van der Waals surface area contributed by atoms with Gasteiger partial charge in [0.25, 0.3) is 0 Å². The van der Waals surface area contributed by atoms with E-state index in [0.717, 1.165) is 0 Å². The normalized spacial score (nSPS) is 22.6. The quantitative estimate of drug-likeness (QED) is 0.658. The third-order valence-corrected chi connectivity index (χ3v) is 7.92. The number of halogens is 4. The molecule has 2 saturated heterocycles. The highest BCUT2D eigenvalue weighted by Gasteiger charge is 2.39. The van der Waals surface area contributed by atoms with Gasteiger partial charge in [0.05, 0.1) is 17.4 Å². The molecule has 0 radical (unpaired) electrons. The molecule has 1 aromatic rings. The van der Waals surface area contributed by atoms with Crippen LogP contribution in [0.1, 0.15) is 6.42 Å². The standard InChI is InChI=1S/C17H21BrF3N3O3S/c18-14-3-1-2-4-15(14)28(26,27)24-6-5-13(11-24)16(25)23-9-7-22(8-10-23)12-17(19,20)21/h1-4,13H,5-12H2. The van der Waals surface area contributed by atoms with Crippen molar-refractivity contribution in [1.29, 1.82) is 0 Å². The molecule has 28 heavy (non-hydrogen) atoms. The molecule has 0 aromatic heterocycles. The minimum atomic E-state index is -4.25. The summed E-state index contributed by atoms with van der Waals surface area (Å²) in [6, 6.07) is 6.51.